The summed E-state index contributed by atoms with van der Waals surface area (Å²) in [4.78, 5) is 0. The molecule has 1 saturated carbocycles. The maximum atomic E-state index is 12.6. The van der Waals surface area contributed by atoms with Crippen LogP contribution in [0.5, 0.6) is 0 Å². The van der Waals surface area contributed by atoms with Crippen LogP contribution in [0.15, 0.2) is 54.6 Å². The summed E-state index contributed by atoms with van der Waals surface area (Å²) in [5.41, 5.74) is 0.782. The third-order valence-electron chi connectivity index (χ3n) is 3.09. The van der Waals surface area contributed by atoms with Crippen molar-refractivity contribution < 1.29 is 13.2 Å². The summed E-state index contributed by atoms with van der Waals surface area (Å²) in [6.45, 7) is 4.00. The minimum absolute atomic E-state index is 0.590. The summed E-state index contributed by atoms with van der Waals surface area (Å²) >= 11 is 0. The van der Waals surface area contributed by atoms with E-state index in [2.05, 4.69) is 0 Å². The average molecular weight is 322 g/mol. The van der Waals surface area contributed by atoms with Crippen LogP contribution in [0.4, 0.5) is 13.2 Å². The normalized spacial score (nSPS) is 21.0. The maximum absolute atomic E-state index is 12.6. The van der Waals surface area contributed by atoms with E-state index in [4.69, 9.17) is 0 Å². The Morgan fingerprint density at radius 3 is 2.17 bits per heavy atom. The first-order valence-electron chi connectivity index (χ1n) is 8.28. The van der Waals surface area contributed by atoms with Gasteiger partial charge in [-0.3, -0.25) is 0 Å². The molecule has 0 aromatic heterocycles. The van der Waals surface area contributed by atoms with Crippen molar-refractivity contribution >= 4 is 5.57 Å². The van der Waals surface area contributed by atoms with Crippen LogP contribution in [-0.2, 0) is 6.18 Å². The van der Waals surface area contributed by atoms with Crippen LogP contribution < -0.4 is 0 Å². The van der Waals surface area contributed by atoms with Crippen LogP contribution in [0, 0.1) is 0 Å². The van der Waals surface area contributed by atoms with E-state index in [0.29, 0.717) is 5.56 Å². The van der Waals surface area contributed by atoms with Crippen LogP contribution in [0.3, 0.4) is 0 Å². The van der Waals surface area contributed by atoms with Gasteiger partial charge in [0, 0.05) is 0 Å². The zero-order valence-corrected chi connectivity index (χ0v) is 13.9. The van der Waals surface area contributed by atoms with E-state index in [-0.39, 0.29) is 0 Å². The number of halogens is 3. The van der Waals surface area contributed by atoms with Crippen molar-refractivity contribution in [3.63, 3.8) is 0 Å². The number of alkyl halides is 3. The first-order valence-corrected chi connectivity index (χ1v) is 8.28. The summed E-state index contributed by atoms with van der Waals surface area (Å²) in [5, 5.41) is 0. The molecule has 0 nitrogen and oxygen atoms in total. The van der Waals surface area contributed by atoms with Crippen LogP contribution in [0.1, 0.15) is 57.1 Å². The monoisotopic (exact) mass is 322 g/mol. The lowest BCUT2D eigenvalue weighted by Crippen LogP contribution is -2.04. The van der Waals surface area contributed by atoms with E-state index in [1.54, 1.807) is 6.07 Å². The summed E-state index contributed by atoms with van der Waals surface area (Å²) < 4.78 is 37.9. The second-order valence-electron chi connectivity index (χ2n) is 5.17. The van der Waals surface area contributed by atoms with Crippen LogP contribution in [0.2, 0.25) is 0 Å². The highest BCUT2D eigenvalue weighted by Crippen LogP contribution is 2.31. The summed E-state index contributed by atoms with van der Waals surface area (Å²) in [5.74, 6) is 0. The molecule has 0 amide bonds. The van der Waals surface area contributed by atoms with E-state index in [0.717, 1.165) is 24.5 Å². The number of hydrogen-bond donors (Lipinski definition) is 0. The van der Waals surface area contributed by atoms with Gasteiger partial charge in [-0.15, -0.1) is 0 Å². The van der Waals surface area contributed by atoms with Crippen molar-refractivity contribution in [3.05, 3.63) is 65.8 Å². The van der Waals surface area contributed by atoms with Crippen LogP contribution in [0.25, 0.3) is 5.57 Å². The standard InChI is InChI=1S/C15H13F3.C3H6.C2H6/c16-15(17,18)14-10-6-9-13(11-14)12-7-4-2-1-3-5-8-12;1-2-3-1;1-2/h2,4-11H,1,3H2;1-3H2;1-2H3/b4-2+,8-5-,12-7+;;. The van der Waals surface area contributed by atoms with Gasteiger partial charge in [0.05, 0.1) is 5.56 Å². The number of rotatable bonds is 1. The molecule has 0 saturated heterocycles. The molecule has 0 radical (unpaired) electrons. The van der Waals surface area contributed by atoms with Crippen molar-refractivity contribution in [2.24, 2.45) is 0 Å². The van der Waals surface area contributed by atoms with Crippen molar-refractivity contribution in [1.82, 2.24) is 0 Å². The molecule has 0 unspecified atom stereocenters. The number of allylic oxidation sites excluding steroid dienone is 6. The summed E-state index contributed by atoms with van der Waals surface area (Å²) in [6, 6.07) is 5.41. The molecule has 0 N–H and O–H groups in total. The van der Waals surface area contributed by atoms with Gasteiger partial charge in [0.1, 0.15) is 0 Å². The van der Waals surface area contributed by atoms with Crippen molar-refractivity contribution in [2.75, 3.05) is 0 Å². The fraction of sp³-hybridized carbons (Fsp3) is 0.400. The molecule has 23 heavy (non-hydrogen) atoms. The highest BCUT2D eigenvalue weighted by atomic mass is 19.4. The van der Waals surface area contributed by atoms with Crippen molar-refractivity contribution in [3.8, 4) is 0 Å². The molecule has 2 aliphatic rings. The Labute approximate surface area is 137 Å². The fourth-order valence-corrected chi connectivity index (χ4v) is 1.79. The minimum Gasteiger partial charge on any atom is -0.166 e. The Balaban J connectivity index is 0.000000460. The molecular formula is C20H25F3. The van der Waals surface area contributed by atoms with Gasteiger partial charge in [0.15, 0.2) is 0 Å². The second kappa shape index (κ2) is 10.1. The third kappa shape index (κ3) is 7.87. The molecule has 2 aliphatic carbocycles. The molecule has 1 aromatic carbocycles. The Bertz CT molecular complexity index is 543. The fourth-order valence-electron chi connectivity index (χ4n) is 1.79. The Morgan fingerprint density at radius 1 is 0.913 bits per heavy atom. The smallest absolute Gasteiger partial charge is 0.166 e. The highest BCUT2D eigenvalue weighted by molar-refractivity contribution is 5.75. The molecule has 0 aliphatic heterocycles. The molecule has 0 atom stereocenters. The zero-order chi connectivity index (χ0) is 17.1. The molecule has 1 aromatic rings. The van der Waals surface area contributed by atoms with E-state index < -0.39 is 11.7 Å². The SMILES string of the molecule is C1CC1.CC.FC(F)(F)c1cccc(C2=C/C=C/CC/C=C\2)c1. The van der Waals surface area contributed by atoms with E-state index in [1.165, 1.54) is 31.4 Å². The topological polar surface area (TPSA) is 0 Å². The molecule has 1 fully saturated rings. The van der Waals surface area contributed by atoms with Gasteiger partial charge in [-0.2, -0.15) is 13.2 Å². The van der Waals surface area contributed by atoms with Crippen LogP contribution >= 0.6 is 0 Å². The molecule has 0 spiro atoms. The summed E-state index contributed by atoms with van der Waals surface area (Å²) in [6.07, 6.45) is 11.7. The summed E-state index contributed by atoms with van der Waals surface area (Å²) in [7, 11) is 0. The van der Waals surface area contributed by atoms with E-state index >= 15 is 0 Å². The minimum atomic E-state index is -4.29. The van der Waals surface area contributed by atoms with Gasteiger partial charge in [0.25, 0.3) is 0 Å². The van der Waals surface area contributed by atoms with Gasteiger partial charge in [-0.05, 0) is 36.1 Å². The number of hydrogen-bond acceptors (Lipinski definition) is 0. The molecule has 3 rings (SSSR count). The quantitative estimate of drug-likeness (QED) is 0.513. The third-order valence-corrected chi connectivity index (χ3v) is 3.09. The van der Waals surface area contributed by atoms with Crippen LogP contribution in [-0.4, -0.2) is 0 Å². The van der Waals surface area contributed by atoms with Gasteiger partial charge >= 0.3 is 6.18 Å². The molecule has 0 heterocycles. The molecule has 126 valence electrons. The zero-order valence-electron chi connectivity index (χ0n) is 13.9. The molecule has 3 heteroatoms. The first kappa shape index (κ1) is 19.3. The Morgan fingerprint density at radius 2 is 1.57 bits per heavy atom. The highest BCUT2D eigenvalue weighted by Gasteiger charge is 2.30. The van der Waals surface area contributed by atoms with E-state index in [9.17, 15) is 13.2 Å². The van der Waals surface area contributed by atoms with Crippen molar-refractivity contribution in [1.29, 1.82) is 0 Å². The van der Waals surface area contributed by atoms with Gasteiger partial charge in [-0.1, -0.05) is 75.6 Å². The van der Waals surface area contributed by atoms with Crippen molar-refractivity contribution in [2.45, 2.75) is 52.1 Å². The van der Waals surface area contributed by atoms with E-state index in [1.807, 2.05) is 44.2 Å². The lowest BCUT2D eigenvalue weighted by atomic mass is 10.0. The largest absolute Gasteiger partial charge is 0.416 e. The van der Waals surface area contributed by atoms with Gasteiger partial charge in [0.2, 0.25) is 0 Å². The second-order valence-corrected chi connectivity index (χ2v) is 5.17. The lowest BCUT2D eigenvalue weighted by molar-refractivity contribution is -0.137. The first-order chi connectivity index (χ1) is 11.1. The Kier molecular flexibility index (Phi) is 8.46. The number of benzene rings is 1. The predicted octanol–water partition coefficient (Wildman–Crippen LogP) is 7.19. The Hall–Kier alpha value is -1.77. The lowest BCUT2D eigenvalue weighted by Gasteiger charge is -2.09. The molecular weight excluding hydrogens is 297 g/mol. The molecule has 0 bridgehead atoms. The maximum Gasteiger partial charge on any atom is 0.416 e. The van der Waals surface area contributed by atoms with Gasteiger partial charge in [-0.25, -0.2) is 0 Å². The van der Waals surface area contributed by atoms with Gasteiger partial charge < -0.3 is 0 Å². The average Bonchev–Trinajstić information content (AvgIpc) is 3.37. The predicted molar refractivity (Wildman–Crippen MR) is 92.1 cm³/mol.